The van der Waals surface area contributed by atoms with Gasteiger partial charge >= 0.3 is 0 Å². The van der Waals surface area contributed by atoms with Crippen LogP contribution in [0.25, 0.3) is 0 Å². The highest BCUT2D eigenvalue weighted by atomic mass is 35.5. The molecule has 4 rings (SSSR count). The molecule has 2 aromatic rings. The van der Waals surface area contributed by atoms with Gasteiger partial charge in [0.05, 0.1) is 6.04 Å². The molecule has 1 heterocycles. The van der Waals surface area contributed by atoms with Crippen molar-refractivity contribution in [3.05, 3.63) is 76.3 Å². The van der Waals surface area contributed by atoms with Crippen molar-refractivity contribution >= 4 is 17.3 Å². The molecule has 1 aliphatic carbocycles. The van der Waals surface area contributed by atoms with Crippen molar-refractivity contribution in [2.45, 2.75) is 25.3 Å². The summed E-state index contributed by atoms with van der Waals surface area (Å²) in [6.45, 7) is 2.16. The second kappa shape index (κ2) is 4.92. The maximum atomic E-state index is 6.19. The molecule has 1 N–H and O–H groups in total. The van der Waals surface area contributed by atoms with Crippen LogP contribution in [0.2, 0.25) is 5.02 Å². The number of rotatable bonds is 1. The molecule has 2 heteroatoms. The Balaban J connectivity index is 1.80. The summed E-state index contributed by atoms with van der Waals surface area (Å²) < 4.78 is 0. The van der Waals surface area contributed by atoms with E-state index in [9.17, 15) is 0 Å². The van der Waals surface area contributed by atoms with E-state index in [2.05, 4.69) is 60.8 Å². The van der Waals surface area contributed by atoms with Crippen LogP contribution in [0.15, 0.2) is 54.6 Å². The molecule has 1 nitrogen and oxygen atoms in total. The normalized spacial score (nSPS) is 26.1. The number of hydrogen-bond donors (Lipinski definition) is 1. The minimum absolute atomic E-state index is 0.374. The molecule has 21 heavy (non-hydrogen) atoms. The maximum Gasteiger partial charge on any atom is 0.0554 e. The van der Waals surface area contributed by atoms with E-state index in [1.165, 1.54) is 22.4 Å². The lowest BCUT2D eigenvalue weighted by atomic mass is 9.77. The summed E-state index contributed by atoms with van der Waals surface area (Å²) in [6, 6.07) is 15.4. The van der Waals surface area contributed by atoms with Crippen molar-refractivity contribution in [3.8, 4) is 0 Å². The van der Waals surface area contributed by atoms with E-state index in [1.807, 2.05) is 6.07 Å². The standard InChI is InChI=1S/C19H18ClN/c1-12-4-2-5-13(10-12)19-16-7-3-6-15(16)17-11-14(20)8-9-18(17)21-19/h2-6,8-11,15-16,19,21H,7H2,1H3. The molecule has 0 fully saturated rings. The predicted molar refractivity (Wildman–Crippen MR) is 89.0 cm³/mol. The van der Waals surface area contributed by atoms with E-state index in [0.29, 0.717) is 17.9 Å². The molecule has 3 atom stereocenters. The Morgan fingerprint density at radius 2 is 2.05 bits per heavy atom. The molecule has 3 unspecified atom stereocenters. The number of hydrogen-bond acceptors (Lipinski definition) is 1. The Kier molecular flexibility index (Phi) is 3.04. The third-order valence-corrected chi connectivity index (χ3v) is 4.96. The van der Waals surface area contributed by atoms with Crippen LogP contribution in [0.3, 0.4) is 0 Å². The van der Waals surface area contributed by atoms with Gasteiger partial charge in [-0.2, -0.15) is 0 Å². The topological polar surface area (TPSA) is 12.0 Å². The van der Waals surface area contributed by atoms with E-state index < -0.39 is 0 Å². The molecule has 1 aliphatic heterocycles. The van der Waals surface area contributed by atoms with E-state index in [-0.39, 0.29) is 0 Å². The monoisotopic (exact) mass is 295 g/mol. The number of aryl methyl sites for hydroxylation is 1. The molecule has 0 saturated heterocycles. The zero-order chi connectivity index (χ0) is 14.4. The van der Waals surface area contributed by atoms with Gasteiger partial charge in [-0.1, -0.05) is 53.6 Å². The Hall–Kier alpha value is -1.73. The average Bonchev–Trinajstić information content (AvgIpc) is 2.96. The minimum atomic E-state index is 0.374. The molecule has 0 saturated carbocycles. The molecule has 0 amide bonds. The van der Waals surface area contributed by atoms with Crippen LogP contribution in [0.5, 0.6) is 0 Å². The fraction of sp³-hybridized carbons (Fsp3) is 0.263. The zero-order valence-electron chi connectivity index (χ0n) is 12.0. The van der Waals surface area contributed by atoms with Crippen molar-refractivity contribution in [1.29, 1.82) is 0 Å². The molecule has 2 aliphatic rings. The van der Waals surface area contributed by atoms with Crippen LogP contribution in [0.1, 0.15) is 35.1 Å². The summed E-state index contributed by atoms with van der Waals surface area (Å²) in [5, 5.41) is 4.56. The van der Waals surface area contributed by atoms with Crippen molar-refractivity contribution in [2.24, 2.45) is 5.92 Å². The van der Waals surface area contributed by atoms with Gasteiger partial charge in [0.25, 0.3) is 0 Å². The van der Waals surface area contributed by atoms with Crippen LogP contribution in [-0.2, 0) is 0 Å². The lowest BCUT2D eigenvalue weighted by molar-refractivity contribution is 0.425. The Morgan fingerprint density at radius 1 is 1.14 bits per heavy atom. The van der Waals surface area contributed by atoms with Crippen molar-refractivity contribution in [3.63, 3.8) is 0 Å². The molecular weight excluding hydrogens is 278 g/mol. The quantitative estimate of drug-likeness (QED) is 0.687. The first kappa shape index (κ1) is 13.0. The zero-order valence-corrected chi connectivity index (χ0v) is 12.8. The molecule has 2 aromatic carbocycles. The van der Waals surface area contributed by atoms with Gasteiger partial charge in [0.2, 0.25) is 0 Å². The Labute approximate surface area is 130 Å². The van der Waals surface area contributed by atoms with Crippen LogP contribution in [-0.4, -0.2) is 0 Å². The summed E-state index contributed by atoms with van der Waals surface area (Å²) in [5.41, 5.74) is 5.26. The lowest BCUT2D eigenvalue weighted by Gasteiger charge is -2.37. The highest BCUT2D eigenvalue weighted by Crippen LogP contribution is 2.50. The Morgan fingerprint density at radius 3 is 2.90 bits per heavy atom. The maximum absolute atomic E-state index is 6.19. The summed E-state index contributed by atoms with van der Waals surface area (Å²) in [7, 11) is 0. The largest absolute Gasteiger partial charge is 0.378 e. The molecular formula is C19H18ClN. The van der Waals surface area contributed by atoms with Crippen LogP contribution >= 0.6 is 11.6 Å². The second-order valence-electron chi connectivity index (χ2n) is 6.12. The first-order chi connectivity index (χ1) is 10.2. The average molecular weight is 296 g/mol. The number of nitrogens with one attached hydrogen (secondary N) is 1. The number of halogens is 1. The third-order valence-electron chi connectivity index (χ3n) is 4.73. The Bertz CT molecular complexity index is 719. The van der Waals surface area contributed by atoms with Gasteiger partial charge < -0.3 is 5.32 Å². The summed E-state index contributed by atoms with van der Waals surface area (Å²) >= 11 is 6.19. The van der Waals surface area contributed by atoms with Crippen LogP contribution < -0.4 is 5.32 Å². The van der Waals surface area contributed by atoms with Crippen molar-refractivity contribution in [2.75, 3.05) is 5.32 Å². The number of anilines is 1. The smallest absolute Gasteiger partial charge is 0.0554 e. The summed E-state index contributed by atoms with van der Waals surface area (Å²) in [4.78, 5) is 0. The van der Waals surface area contributed by atoms with Gasteiger partial charge in [-0.15, -0.1) is 0 Å². The minimum Gasteiger partial charge on any atom is -0.378 e. The molecule has 0 aromatic heterocycles. The van der Waals surface area contributed by atoms with E-state index in [0.717, 1.165) is 11.4 Å². The van der Waals surface area contributed by atoms with Gasteiger partial charge in [-0.25, -0.2) is 0 Å². The second-order valence-corrected chi connectivity index (χ2v) is 6.56. The van der Waals surface area contributed by atoms with E-state index >= 15 is 0 Å². The van der Waals surface area contributed by atoms with Gasteiger partial charge in [0.1, 0.15) is 0 Å². The first-order valence-corrected chi connectivity index (χ1v) is 7.89. The van der Waals surface area contributed by atoms with Crippen LogP contribution in [0.4, 0.5) is 5.69 Å². The summed E-state index contributed by atoms with van der Waals surface area (Å²) in [6.07, 6.45) is 5.79. The lowest BCUT2D eigenvalue weighted by Crippen LogP contribution is -2.29. The highest BCUT2D eigenvalue weighted by Gasteiger charge is 2.37. The van der Waals surface area contributed by atoms with Gasteiger partial charge in [-0.05, 0) is 48.6 Å². The van der Waals surface area contributed by atoms with Crippen molar-refractivity contribution < 1.29 is 0 Å². The van der Waals surface area contributed by atoms with E-state index in [1.54, 1.807) is 0 Å². The van der Waals surface area contributed by atoms with Crippen LogP contribution in [0, 0.1) is 12.8 Å². The predicted octanol–water partition coefficient (Wildman–Crippen LogP) is 5.47. The summed E-state index contributed by atoms with van der Waals surface area (Å²) in [5.74, 6) is 1.06. The molecule has 0 radical (unpaired) electrons. The fourth-order valence-electron chi connectivity index (χ4n) is 3.76. The molecule has 106 valence electrons. The molecule has 0 bridgehead atoms. The first-order valence-electron chi connectivity index (χ1n) is 7.51. The van der Waals surface area contributed by atoms with Gasteiger partial charge in [0.15, 0.2) is 0 Å². The number of fused-ring (bicyclic) bond motifs is 3. The number of allylic oxidation sites excluding steroid dienone is 2. The SMILES string of the molecule is Cc1cccc(C2Nc3ccc(Cl)cc3C3C=CCC32)c1. The highest BCUT2D eigenvalue weighted by molar-refractivity contribution is 6.30. The fourth-order valence-corrected chi connectivity index (χ4v) is 3.94. The van der Waals surface area contributed by atoms with Crippen molar-refractivity contribution in [1.82, 2.24) is 0 Å². The van der Waals surface area contributed by atoms with Gasteiger partial charge in [-0.3, -0.25) is 0 Å². The molecule has 0 spiro atoms. The van der Waals surface area contributed by atoms with E-state index in [4.69, 9.17) is 11.6 Å². The number of benzene rings is 2. The third kappa shape index (κ3) is 2.16. The van der Waals surface area contributed by atoms with Gasteiger partial charge in [0, 0.05) is 16.6 Å².